The fourth-order valence-electron chi connectivity index (χ4n) is 1.29. The van der Waals surface area contributed by atoms with Crippen LogP contribution in [0.15, 0.2) is 23.0 Å². The van der Waals surface area contributed by atoms with E-state index < -0.39 is 10.6 Å². The van der Waals surface area contributed by atoms with Crippen LogP contribution in [-0.4, -0.2) is 25.1 Å². The molecule has 0 radical (unpaired) electrons. The van der Waals surface area contributed by atoms with E-state index in [1.807, 2.05) is 0 Å². The maximum atomic E-state index is 11.3. The first-order chi connectivity index (χ1) is 7.59. The molecule has 0 aliphatic rings. The van der Waals surface area contributed by atoms with Crippen molar-refractivity contribution < 1.29 is 4.92 Å². The summed E-state index contributed by atoms with van der Waals surface area (Å²) < 4.78 is 0.975. The van der Waals surface area contributed by atoms with E-state index in [4.69, 9.17) is 0 Å². The van der Waals surface area contributed by atoms with E-state index in [1.54, 1.807) is 13.0 Å². The number of rotatable bonds is 2. The molecule has 82 valence electrons. The number of nitrogens with zero attached hydrogens (tertiary/aromatic N) is 4. The van der Waals surface area contributed by atoms with E-state index in [0.29, 0.717) is 11.3 Å². The molecule has 0 saturated heterocycles. The predicted molar refractivity (Wildman–Crippen MR) is 53.4 cm³/mol. The van der Waals surface area contributed by atoms with Gasteiger partial charge in [0.1, 0.15) is 0 Å². The summed E-state index contributed by atoms with van der Waals surface area (Å²) in [6.45, 7) is 1.72. The van der Waals surface area contributed by atoms with Crippen molar-refractivity contribution in [2.24, 2.45) is 0 Å². The van der Waals surface area contributed by atoms with Gasteiger partial charge in [0.05, 0.1) is 10.6 Å². The minimum atomic E-state index is -0.538. The van der Waals surface area contributed by atoms with Crippen LogP contribution in [0.4, 0.5) is 5.69 Å². The van der Waals surface area contributed by atoms with Crippen LogP contribution in [0.5, 0.6) is 0 Å². The lowest BCUT2D eigenvalue weighted by molar-refractivity contribution is -0.384. The van der Waals surface area contributed by atoms with Gasteiger partial charge in [-0.3, -0.25) is 10.1 Å². The second-order valence-electron chi connectivity index (χ2n) is 3.15. The van der Waals surface area contributed by atoms with Gasteiger partial charge >= 0.3 is 5.69 Å². The molecule has 8 heteroatoms. The number of hydrogen-bond acceptors (Lipinski definition) is 5. The Kier molecular flexibility index (Phi) is 2.24. The summed E-state index contributed by atoms with van der Waals surface area (Å²) in [7, 11) is 0. The number of aryl methyl sites for hydroxylation is 1. The summed E-state index contributed by atoms with van der Waals surface area (Å²) >= 11 is 0. The number of nitro groups is 1. The molecule has 0 unspecified atom stereocenters. The monoisotopic (exact) mass is 221 g/mol. The highest BCUT2D eigenvalue weighted by Gasteiger charge is 2.12. The molecule has 1 N–H and O–H groups in total. The number of benzene rings is 1. The second-order valence-corrected chi connectivity index (χ2v) is 3.15. The minimum absolute atomic E-state index is 0.101. The molecule has 2 rings (SSSR count). The van der Waals surface area contributed by atoms with Crippen molar-refractivity contribution in [2.75, 3.05) is 0 Å². The van der Waals surface area contributed by atoms with Crippen molar-refractivity contribution in [1.82, 2.24) is 20.2 Å². The number of nitrogens with one attached hydrogen (secondary N) is 1. The Hall–Kier alpha value is -2.51. The molecule has 0 fully saturated rings. The van der Waals surface area contributed by atoms with Crippen molar-refractivity contribution in [3.8, 4) is 5.69 Å². The van der Waals surface area contributed by atoms with Gasteiger partial charge in [-0.05, 0) is 22.9 Å². The average Bonchev–Trinajstić information content (AvgIpc) is 2.65. The van der Waals surface area contributed by atoms with E-state index >= 15 is 0 Å². The molecule has 2 aromatic rings. The third kappa shape index (κ3) is 1.56. The molecule has 1 aromatic carbocycles. The van der Waals surface area contributed by atoms with Crippen LogP contribution in [0.3, 0.4) is 0 Å². The third-order valence-corrected chi connectivity index (χ3v) is 2.10. The average molecular weight is 221 g/mol. The molecule has 0 saturated carbocycles. The highest BCUT2D eigenvalue weighted by molar-refractivity contribution is 5.47. The lowest BCUT2D eigenvalue weighted by Gasteiger charge is -2.02. The molecule has 1 aromatic heterocycles. The van der Waals surface area contributed by atoms with E-state index in [-0.39, 0.29) is 5.69 Å². The van der Waals surface area contributed by atoms with Gasteiger partial charge in [0.15, 0.2) is 0 Å². The fraction of sp³-hybridized carbons (Fsp3) is 0.125. The smallest absolute Gasteiger partial charge is 0.258 e. The first kappa shape index (κ1) is 10.0. The second kappa shape index (κ2) is 3.57. The summed E-state index contributed by atoms with van der Waals surface area (Å²) in [6, 6.07) is 4.19. The van der Waals surface area contributed by atoms with Gasteiger partial charge in [0.2, 0.25) is 0 Å². The molecule has 0 aliphatic carbocycles. The molecule has 16 heavy (non-hydrogen) atoms. The molecule has 0 atom stereocenters. The normalized spacial score (nSPS) is 10.3. The van der Waals surface area contributed by atoms with Crippen LogP contribution < -0.4 is 5.69 Å². The zero-order chi connectivity index (χ0) is 11.7. The van der Waals surface area contributed by atoms with Crippen LogP contribution in [0.25, 0.3) is 5.69 Å². The molecule has 1 heterocycles. The zero-order valence-electron chi connectivity index (χ0n) is 8.25. The van der Waals surface area contributed by atoms with E-state index in [0.717, 1.165) is 4.68 Å². The molecular formula is C8H7N5O3. The minimum Gasteiger partial charge on any atom is -0.258 e. The van der Waals surface area contributed by atoms with E-state index in [9.17, 15) is 14.9 Å². The van der Waals surface area contributed by atoms with Crippen molar-refractivity contribution >= 4 is 5.69 Å². The van der Waals surface area contributed by atoms with Gasteiger partial charge in [-0.1, -0.05) is 6.07 Å². The van der Waals surface area contributed by atoms with Gasteiger partial charge < -0.3 is 0 Å². The van der Waals surface area contributed by atoms with Crippen LogP contribution in [0.2, 0.25) is 0 Å². The number of aromatic nitrogens is 4. The van der Waals surface area contributed by atoms with E-state index in [2.05, 4.69) is 15.5 Å². The largest absolute Gasteiger partial charge is 0.365 e. The summed E-state index contributed by atoms with van der Waals surface area (Å²) in [6.07, 6.45) is 0. The summed E-state index contributed by atoms with van der Waals surface area (Å²) in [4.78, 5) is 21.3. The molecule has 0 spiro atoms. The summed E-state index contributed by atoms with van der Waals surface area (Å²) in [5, 5.41) is 19.6. The number of nitro benzene ring substituents is 1. The third-order valence-electron chi connectivity index (χ3n) is 2.10. The topological polar surface area (TPSA) is 107 Å². The Morgan fingerprint density at radius 1 is 1.50 bits per heavy atom. The molecule has 0 bridgehead atoms. The molecule has 8 nitrogen and oxygen atoms in total. The SMILES string of the molecule is Cc1ccc([N+](=O)[O-])cc1-n1nn[nH]c1=O. The highest BCUT2D eigenvalue weighted by atomic mass is 16.6. The Morgan fingerprint density at radius 2 is 2.25 bits per heavy atom. The molecule has 0 amide bonds. The first-order valence-corrected chi connectivity index (χ1v) is 4.35. The number of tetrazole rings is 1. The molecule has 0 aliphatic heterocycles. The van der Waals surface area contributed by atoms with Gasteiger partial charge in [0.25, 0.3) is 5.69 Å². The predicted octanol–water partition coefficient (Wildman–Crippen LogP) is 0.172. The molecular weight excluding hydrogens is 214 g/mol. The maximum Gasteiger partial charge on any atom is 0.365 e. The quantitative estimate of drug-likeness (QED) is 0.574. The van der Waals surface area contributed by atoms with Crippen LogP contribution >= 0.6 is 0 Å². The Balaban J connectivity index is 2.65. The van der Waals surface area contributed by atoms with E-state index in [1.165, 1.54) is 12.1 Å². The highest BCUT2D eigenvalue weighted by Crippen LogP contribution is 2.18. The van der Waals surface area contributed by atoms with Gasteiger partial charge in [-0.15, -0.1) is 0 Å². The number of hydrogen-bond donors (Lipinski definition) is 1. The van der Waals surface area contributed by atoms with Gasteiger partial charge in [-0.2, -0.15) is 4.68 Å². The lowest BCUT2D eigenvalue weighted by atomic mass is 10.2. The van der Waals surface area contributed by atoms with Crippen LogP contribution in [0, 0.1) is 17.0 Å². The fourth-order valence-corrected chi connectivity index (χ4v) is 1.29. The van der Waals surface area contributed by atoms with Crippen molar-refractivity contribution in [3.05, 3.63) is 44.4 Å². The zero-order valence-corrected chi connectivity index (χ0v) is 8.25. The Bertz CT molecular complexity index is 600. The van der Waals surface area contributed by atoms with Gasteiger partial charge in [0, 0.05) is 12.1 Å². The lowest BCUT2D eigenvalue weighted by Crippen LogP contribution is -2.17. The Labute approximate surface area is 88.7 Å². The van der Waals surface area contributed by atoms with Crippen molar-refractivity contribution in [1.29, 1.82) is 0 Å². The number of H-pyrrole nitrogens is 1. The summed E-state index contributed by atoms with van der Waals surface area (Å²) in [5.74, 6) is 0. The van der Waals surface area contributed by atoms with Gasteiger partial charge in [-0.25, -0.2) is 9.89 Å². The first-order valence-electron chi connectivity index (χ1n) is 4.35. The summed E-state index contributed by atoms with van der Waals surface area (Å²) in [5.41, 5.74) is 0.397. The number of non-ortho nitro benzene ring substituents is 1. The van der Waals surface area contributed by atoms with Crippen LogP contribution in [-0.2, 0) is 0 Å². The Morgan fingerprint density at radius 3 is 2.81 bits per heavy atom. The standard InChI is InChI=1S/C8H7N5O3/c1-5-2-3-6(13(15)16)4-7(5)12-8(14)9-10-11-12/h2-4H,1H3,(H,9,11,14). The van der Waals surface area contributed by atoms with Crippen LogP contribution in [0.1, 0.15) is 5.56 Å². The van der Waals surface area contributed by atoms with Crippen molar-refractivity contribution in [3.63, 3.8) is 0 Å². The van der Waals surface area contributed by atoms with Crippen molar-refractivity contribution in [2.45, 2.75) is 6.92 Å². The maximum absolute atomic E-state index is 11.3. The number of aromatic amines is 1.